The van der Waals surface area contributed by atoms with Crippen molar-refractivity contribution in [2.45, 2.75) is 28.8 Å². The van der Waals surface area contributed by atoms with Gasteiger partial charge < -0.3 is 15.2 Å². The molecule has 31 heavy (non-hydrogen) atoms. The normalized spacial score (nSPS) is 21.3. The predicted octanol–water partition coefficient (Wildman–Crippen LogP) is 1.47. The minimum atomic E-state index is -4.33. The minimum absolute atomic E-state index is 0.0627. The second-order valence-electron chi connectivity index (χ2n) is 6.78. The van der Waals surface area contributed by atoms with Crippen LogP contribution in [0.15, 0.2) is 47.4 Å². The first-order valence-electron chi connectivity index (χ1n) is 8.96. The number of piperidine rings is 1. The Hall–Kier alpha value is -2.37. The van der Waals surface area contributed by atoms with E-state index in [1.807, 2.05) is 0 Å². The van der Waals surface area contributed by atoms with Gasteiger partial charge in [0, 0.05) is 22.2 Å². The van der Waals surface area contributed by atoms with E-state index in [-0.39, 0.29) is 24.5 Å². The molecular weight excluding hydrogens is 471 g/mol. The van der Waals surface area contributed by atoms with Gasteiger partial charge >= 0.3 is 0 Å². The predicted molar refractivity (Wildman–Crippen MR) is 111 cm³/mol. The highest BCUT2D eigenvalue weighted by atomic mass is 35.5. The van der Waals surface area contributed by atoms with E-state index in [0.717, 1.165) is 5.48 Å². The van der Waals surface area contributed by atoms with E-state index in [4.69, 9.17) is 33.1 Å². The van der Waals surface area contributed by atoms with Gasteiger partial charge in [-0.3, -0.25) is 14.8 Å². The lowest BCUT2D eigenvalue weighted by atomic mass is 9.92. The van der Waals surface area contributed by atoms with Gasteiger partial charge in [-0.2, -0.15) is 0 Å². The van der Waals surface area contributed by atoms with Crippen LogP contribution in [0.4, 0.5) is 0 Å². The lowest BCUT2D eigenvalue weighted by Crippen LogP contribution is -2.68. The minimum Gasteiger partial charge on any atom is -0.489 e. The number of aliphatic hydroxyl groups is 1. The van der Waals surface area contributed by atoms with Gasteiger partial charge in [0.2, 0.25) is 5.60 Å². The van der Waals surface area contributed by atoms with Crippen molar-refractivity contribution in [2.75, 3.05) is 6.54 Å². The number of hydroxylamine groups is 1. The molecular formula is C19H18Cl2N2O7S. The monoisotopic (exact) mass is 488 g/mol. The Bertz CT molecular complexity index is 1100. The molecule has 0 aliphatic carbocycles. The van der Waals surface area contributed by atoms with E-state index in [2.05, 4.69) is 5.32 Å². The fourth-order valence-corrected chi connectivity index (χ4v) is 5.61. The first-order chi connectivity index (χ1) is 14.6. The van der Waals surface area contributed by atoms with Crippen LogP contribution in [-0.2, 0) is 26.0 Å². The van der Waals surface area contributed by atoms with Gasteiger partial charge in [0.05, 0.1) is 4.90 Å². The van der Waals surface area contributed by atoms with Crippen molar-refractivity contribution >= 4 is 44.9 Å². The van der Waals surface area contributed by atoms with Crippen molar-refractivity contribution in [2.24, 2.45) is 0 Å². The van der Waals surface area contributed by atoms with Crippen LogP contribution in [0, 0.1) is 0 Å². The number of carbonyl (C=O) groups excluding carboxylic acids is 2. The summed E-state index contributed by atoms with van der Waals surface area (Å²) in [5, 5.41) is 20.8. The molecule has 1 heterocycles. The number of rotatable bonds is 6. The van der Waals surface area contributed by atoms with Crippen LogP contribution in [0.2, 0.25) is 10.0 Å². The average Bonchev–Trinajstić information content (AvgIpc) is 2.74. The van der Waals surface area contributed by atoms with Crippen LogP contribution >= 0.6 is 23.2 Å². The van der Waals surface area contributed by atoms with Crippen LogP contribution in [-0.4, -0.2) is 47.9 Å². The van der Waals surface area contributed by atoms with E-state index in [1.54, 1.807) is 18.2 Å². The summed E-state index contributed by atoms with van der Waals surface area (Å²) < 4.78 is 31.7. The SMILES string of the molecule is O=C(NO)C1(O)C(=O)NCCC1S(=O)(=O)c1ccc(OCc2ccc(Cl)cc2Cl)cc1. The standard InChI is InChI=1S/C19H18Cl2N2O7S/c20-12-2-1-11(15(21)9-12)10-30-13-3-5-14(6-4-13)31(28,29)16-7-8-22-17(24)19(16,26)18(25)23-27/h1-6,9,16,26-27H,7-8,10H2,(H,22,24)(H,23,25). The summed E-state index contributed by atoms with van der Waals surface area (Å²) in [6, 6.07) is 10.2. The molecule has 1 aliphatic rings. The molecule has 166 valence electrons. The first kappa shape index (κ1) is 23.3. The summed E-state index contributed by atoms with van der Waals surface area (Å²) in [7, 11) is -4.33. The van der Waals surface area contributed by atoms with E-state index >= 15 is 0 Å². The average molecular weight is 489 g/mol. The number of nitrogens with one attached hydrogen (secondary N) is 2. The van der Waals surface area contributed by atoms with Gasteiger partial charge in [0.15, 0.2) is 9.84 Å². The van der Waals surface area contributed by atoms with E-state index < -0.39 is 32.5 Å². The Morgan fingerprint density at radius 2 is 1.90 bits per heavy atom. The molecule has 3 rings (SSSR count). The van der Waals surface area contributed by atoms with E-state index in [9.17, 15) is 23.1 Å². The fraction of sp³-hybridized carbons (Fsp3) is 0.263. The van der Waals surface area contributed by atoms with Gasteiger partial charge in [0.25, 0.3) is 11.8 Å². The van der Waals surface area contributed by atoms with E-state index in [1.165, 1.54) is 24.3 Å². The van der Waals surface area contributed by atoms with Crippen LogP contribution in [0.3, 0.4) is 0 Å². The van der Waals surface area contributed by atoms with Crippen molar-refractivity contribution in [3.63, 3.8) is 0 Å². The number of hydrogen-bond donors (Lipinski definition) is 4. The van der Waals surface area contributed by atoms with Crippen molar-refractivity contribution in [1.82, 2.24) is 10.8 Å². The molecule has 0 bridgehead atoms. The number of amides is 2. The number of sulfone groups is 1. The molecule has 0 spiro atoms. The maximum Gasteiger partial charge on any atom is 0.286 e. The smallest absolute Gasteiger partial charge is 0.286 e. The highest BCUT2D eigenvalue weighted by molar-refractivity contribution is 7.92. The number of ether oxygens (including phenoxy) is 1. The fourth-order valence-electron chi connectivity index (χ4n) is 3.21. The molecule has 0 saturated carbocycles. The molecule has 2 aromatic carbocycles. The Kier molecular flexibility index (Phi) is 6.77. The zero-order valence-electron chi connectivity index (χ0n) is 15.8. The number of benzene rings is 2. The largest absolute Gasteiger partial charge is 0.489 e. The molecule has 0 aromatic heterocycles. The third-order valence-electron chi connectivity index (χ3n) is 4.89. The molecule has 0 radical (unpaired) electrons. The van der Waals surface area contributed by atoms with Gasteiger partial charge in [-0.15, -0.1) is 0 Å². The van der Waals surface area contributed by atoms with Crippen molar-refractivity contribution in [3.05, 3.63) is 58.1 Å². The van der Waals surface area contributed by atoms with Gasteiger partial charge in [-0.1, -0.05) is 29.3 Å². The zero-order valence-corrected chi connectivity index (χ0v) is 18.2. The lowest BCUT2D eigenvalue weighted by Gasteiger charge is -2.36. The zero-order chi connectivity index (χ0) is 22.8. The third-order valence-corrected chi connectivity index (χ3v) is 7.73. The summed E-state index contributed by atoms with van der Waals surface area (Å²) in [5.74, 6) is -2.40. The van der Waals surface area contributed by atoms with Crippen molar-refractivity contribution in [1.29, 1.82) is 0 Å². The highest BCUT2D eigenvalue weighted by Crippen LogP contribution is 2.31. The Morgan fingerprint density at radius 1 is 1.23 bits per heavy atom. The molecule has 9 nitrogen and oxygen atoms in total. The van der Waals surface area contributed by atoms with Crippen LogP contribution < -0.4 is 15.5 Å². The molecule has 1 saturated heterocycles. The van der Waals surface area contributed by atoms with Crippen LogP contribution in [0.5, 0.6) is 5.75 Å². The highest BCUT2D eigenvalue weighted by Gasteiger charge is 2.58. The third kappa shape index (κ3) is 4.48. The lowest BCUT2D eigenvalue weighted by molar-refractivity contribution is -0.161. The second-order valence-corrected chi connectivity index (χ2v) is 9.76. The summed E-state index contributed by atoms with van der Waals surface area (Å²) in [6.45, 7) is 0.0497. The second kappa shape index (κ2) is 9.01. The van der Waals surface area contributed by atoms with E-state index in [0.29, 0.717) is 21.4 Å². The molecule has 12 heteroatoms. The number of carbonyl (C=O) groups is 2. The topological polar surface area (TPSA) is 142 Å². The Labute approximate surface area is 187 Å². The molecule has 1 fully saturated rings. The molecule has 2 atom stereocenters. The maximum absolute atomic E-state index is 13.1. The first-order valence-corrected chi connectivity index (χ1v) is 11.3. The quantitative estimate of drug-likeness (QED) is 0.274. The number of hydrogen-bond acceptors (Lipinski definition) is 7. The van der Waals surface area contributed by atoms with Crippen LogP contribution in [0.1, 0.15) is 12.0 Å². The number of halogens is 2. The summed E-state index contributed by atoms with van der Waals surface area (Å²) in [5.41, 5.74) is -1.15. The Balaban J connectivity index is 1.81. The summed E-state index contributed by atoms with van der Waals surface area (Å²) in [4.78, 5) is 23.8. The van der Waals surface area contributed by atoms with Gasteiger partial charge in [-0.05, 0) is 42.8 Å². The van der Waals surface area contributed by atoms with Crippen molar-refractivity contribution in [3.8, 4) is 5.75 Å². The summed E-state index contributed by atoms with van der Waals surface area (Å²) in [6.07, 6.45) is -0.231. The Morgan fingerprint density at radius 3 is 2.52 bits per heavy atom. The molecule has 1 aliphatic heterocycles. The molecule has 2 amide bonds. The molecule has 2 aromatic rings. The molecule has 4 N–H and O–H groups in total. The molecule has 2 unspecified atom stereocenters. The van der Waals surface area contributed by atoms with Crippen molar-refractivity contribution < 1.29 is 33.1 Å². The summed E-state index contributed by atoms with van der Waals surface area (Å²) >= 11 is 11.9. The van der Waals surface area contributed by atoms with Crippen LogP contribution in [0.25, 0.3) is 0 Å². The maximum atomic E-state index is 13.1. The van der Waals surface area contributed by atoms with Gasteiger partial charge in [-0.25, -0.2) is 13.9 Å². The van der Waals surface area contributed by atoms with Gasteiger partial charge in [0.1, 0.15) is 17.6 Å².